The number of aliphatic hydroxyl groups is 1. The number of fused-ring (bicyclic) bond motifs is 3. The van der Waals surface area contributed by atoms with E-state index in [9.17, 15) is 0 Å². The highest BCUT2D eigenvalue weighted by atomic mass is 16.5. The molecular weight excluding hydrogens is 334 g/mol. The number of aliphatic hydroxyl groups excluding tert-OH is 1. The highest BCUT2D eigenvalue weighted by molar-refractivity contribution is 5.33. The number of benzene rings is 1. The van der Waals surface area contributed by atoms with Crippen LogP contribution in [0.2, 0.25) is 0 Å². The van der Waals surface area contributed by atoms with Gasteiger partial charge in [-0.2, -0.15) is 5.11 Å². The van der Waals surface area contributed by atoms with Crippen LogP contribution in [0, 0.1) is 0 Å². The molecule has 0 unspecified atom stereocenters. The second-order valence-electron chi connectivity index (χ2n) is 6.53. The first-order valence-electron chi connectivity index (χ1n) is 9.49. The van der Waals surface area contributed by atoms with Gasteiger partial charge in [0.25, 0.3) is 0 Å². The molecule has 1 aromatic carbocycles. The number of rotatable bonds is 11. The van der Waals surface area contributed by atoms with E-state index in [-0.39, 0.29) is 18.7 Å². The minimum atomic E-state index is 0.0449. The Morgan fingerprint density at radius 3 is 2.54 bits per heavy atom. The molecule has 1 aromatic rings. The van der Waals surface area contributed by atoms with Crippen molar-refractivity contribution in [2.45, 2.75) is 31.3 Å². The summed E-state index contributed by atoms with van der Waals surface area (Å²) in [5.41, 5.74) is 2.79. The minimum absolute atomic E-state index is 0.0449. The van der Waals surface area contributed by atoms with Crippen molar-refractivity contribution < 1.29 is 19.3 Å². The predicted octanol–water partition coefficient (Wildman–Crippen LogP) is 2.16. The van der Waals surface area contributed by atoms with E-state index >= 15 is 0 Å². The van der Waals surface area contributed by atoms with Crippen molar-refractivity contribution >= 4 is 0 Å². The molecule has 0 radical (unpaired) electrons. The summed E-state index contributed by atoms with van der Waals surface area (Å²) in [5.74, 6) is 0. The van der Waals surface area contributed by atoms with E-state index in [1.165, 1.54) is 17.5 Å². The molecule has 2 atom stereocenters. The fourth-order valence-corrected chi connectivity index (χ4v) is 3.53. The number of hydrogen-bond acceptors (Lipinski definition) is 7. The van der Waals surface area contributed by atoms with E-state index in [1.54, 1.807) is 0 Å². The fraction of sp³-hybridized carbons (Fsp3) is 0.684. The van der Waals surface area contributed by atoms with Crippen LogP contribution in [0.25, 0.3) is 0 Å². The molecule has 7 nitrogen and oxygen atoms in total. The van der Waals surface area contributed by atoms with E-state index < -0.39 is 0 Å². The molecule has 0 saturated heterocycles. The van der Waals surface area contributed by atoms with Crippen LogP contribution in [0.5, 0.6) is 0 Å². The second kappa shape index (κ2) is 10.6. The van der Waals surface area contributed by atoms with Crippen molar-refractivity contribution in [3.63, 3.8) is 0 Å². The van der Waals surface area contributed by atoms with Gasteiger partial charge >= 0.3 is 0 Å². The summed E-state index contributed by atoms with van der Waals surface area (Å²) < 4.78 is 16.2. The number of hydrogen-bond donors (Lipinski definition) is 1. The Morgan fingerprint density at radius 1 is 1.00 bits per heavy atom. The number of aryl methyl sites for hydroxylation is 1. The molecule has 2 aliphatic rings. The average Bonchev–Trinajstić information content (AvgIpc) is 2.96. The van der Waals surface area contributed by atoms with Crippen LogP contribution < -0.4 is 0 Å². The zero-order chi connectivity index (χ0) is 18.0. The number of nitrogens with zero attached hydrogens (tertiary/aromatic N) is 3. The van der Waals surface area contributed by atoms with Crippen LogP contribution in [-0.4, -0.2) is 69.0 Å². The van der Waals surface area contributed by atoms with Gasteiger partial charge in [-0.05, 0) is 30.4 Å². The van der Waals surface area contributed by atoms with E-state index in [0.29, 0.717) is 39.6 Å². The average molecular weight is 363 g/mol. The minimum Gasteiger partial charge on any atom is -0.394 e. The lowest BCUT2D eigenvalue weighted by Crippen LogP contribution is -2.29. The van der Waals surface area contributed by atoms with Gasteiger partial charge in [0, 0.05) is 0 Å². The van der Waals surface area contributed by atoms with Crippen molar-refractivity contribution in [2.24, 2.45) is 10.3 Å². The summed E-state index contributed by atoms with van der Waals surface area (Å²) in [6, 6.07) is 9.18. The summed E-state index contributed by atoms with van der Waals surface area (Å²) in [5, 5.41) is 19.6. The summed E-state index contributed by atoms with van der Waals surface area (Å²) in [4.78, 5) is 0. The lowest BCUT2D eigenvalue weighted by Gasteiger charge is -2.26. The largest absolute Gasteiger partial charge is 0.394 e. The van der Waals surface area contributed by atoms with Crippen LogP contribution in [0.1, 0.15) is 30.0 Å². The van der Waals surface area contributed by atoms with Crippen molar-refractivity contribution in [2.75, 3.05) is 52.8 Å². The van der Waals surface area contributed by atoms with Gasteiger partial charge in [0.15, 0.2) is 0 Å². The highest BCUT2D eigenvalue weighted by Gasteiger charge is 2.36. The summed E-state index contributed by atoms with van der Waals surface area (Å²) in [7, 11) is 0. The third-order valence-corrected chi connectivity index (χ3v) is 4.76. The van der Waals surface area contributed by atoms with Crippen LogP contribution in [0.3, 0.4) is 0 Å². The normalized spacial score (nSPS) is 21.5. The monoisotopic (exact) mass is 363 g/mol. The molecule has 0 bridgehead atoms. The van der Waals surface area contributed by atoms with Gasteiger partial charge in [-0.15, -0.1) is 0 Å². The Labute approximate surface area is 154 Å². The van der Waals surface area contributed by atoms with Crippen molar-refractivity contribution in [3.05, 3.63) is 35.4 Å². The molecule has 0 fully saturated rings. The zero-order valence-corrected chi connectivity index (χ0v) is 15.3. The Morgan fingerprint density at radius 2 is 1.73 bits per heavy atom. The maximum atomic E-state index is 8.59. The van der Waals surface area contributed by atoms with E-state index in [0.717, 1.165) is 19.4 Å². The molecule has 0 aromatic heterocycles. The Bertz CT molecular complexity index is 569. The molecule has 1 aliphatic heterocycles. The lowest BCUT2D eigenvalue weighted by atomic mass is 9.96. The maximum absolute atomic E-state index is 8.59. The SMILES string of the molecule is OCCOCCOCCOCCN1N=N[C@@H]2CCCc3ccccc3[C@H]21. The Hall–Kier alpha value is -1.54. The number of ether oxygens (including phenoxy) is 3. The summed E-state index contributed by atoms with van der Waals surface area (Å²) >= 11 is 0. The molecule has 1 N–H and O–H groups in total. The first-order chi connectivity index (χ1) is 12.9. The Balaban J connectivity index is 1.36. The van der Waals surface area contributed by atoms with Gasteiger partial charge in [0.05, 0.1) is 64.9 Å². The first-order valence-corrected chi connectivity index (χ1v) is 9.49. The third kappa shape index (κ3) is 5.23. The predicted molar refractivity (Wildman–Crippen MR) is 97.0 cm³/mol. The Kier molecular flexibility index (Phi) is 7.82. The smallest absolute Gasteiger partial charge is 0.0991 e. The molecule has 0 saturated carbocycles. The fourth-order valence-electron chi connectivity index (χ4n) is 3.53. The van der Waals surface area contributed by atoms with E-state index in [1.807, 2.05) is 0 Å². The van der Waals surface area contributed by atoms with Gasteiger partial charge in [-0.25, -0.2) is 0 Å². The van der Waals surface area contributed by atoms with Crippen LogP contribution in [0.15, 0.2) is 34.6 Å². The second-order valence-corrected chi connectivity index (χ2v) is 6.53. The topological polar surface area (TPSA) is 75.9 Å². The molecular formula is C19H29N3O4. The van der Waals surface area contributed by atoms with Crippen molar-refractivity contribution in [3.8, 4) is 0 Å². The lowest BCUT2D eigenvalue weighted by molar-refractivity contribution is 0.00334. The molecule has 7 heteroatoms. The van der Waals surface area contributed by atoms with Gasteiger partial charge in [0.2, 0.25) is 0 Å². The quantitative estimate of drug-likeness (QED) is 0.610. The summed E-state index contributed by atoms with van der Waals surface area (Å²) in [6.45, 7) is 3.85. The molecule has 26 heavy (non-hydrogen) atoms. The third-order valence-electron chi connectivity index (χ3n) is 4.76. The molecule has 1 aliphatic carbocycles. The zero-order valence-electron chi connectivity index (χ0n) is 15.3. The first kappa shape index (κ1) is 19.2. The van der Waals surface area contributed by atoms with Gasteiger partial charge in [0.1, 0.15) is 0 Å². The van der Waals surface area contributed by atoms with Crippen LogP contribution in [-0.2, 0) is 20.6 Å². The van der Waals surface area contributed by atoms with Gasteiger partial charge < -0.3 is 19.3 Å². The molecule has 144 valence electrons. The molecule has 0 amide bonds. The van der Waals surface area contributed by atoms with Crippen LogP contribution in [0.4, 0.5) is 0 Å². The van der Waals surface area contributed by atoms with Crippen molar-refractivity contribution in [1.82, 2.24) is 5.01 Å². The van der Waals surface area contributed by atoms with Gasteiger partial charge in [-0.3, -0.25) is 5.01 Å². The highest BCUT2D eigenvalue weighted by Crippen LogP contribution is 2.39. The standard InChI is InChI=1S/C19H29N3O4/c23-9-11-25-13-15-26-14-12-24-10-8-22-19-17-6-2-1-4-16(17)5-3-7-18(19)20-21-22/h1-2,4,6,18-19,23H,3,5,7-15H2/t18-,19-/m1/s1. The van der Waals surface area contributed by atoms with E-state index in [2.05, 4.69) is 39.6 Å². The summed E-state index contributed by atoms with van der Waals surface area (Å²) in [6.07, 6.45) is 3.38. The molecule has 3 rings (SSSR count). The van der Waals surface area contributed by atoms with Gasteiger partial charge in [-0.1, -0.05) is 29.5 Å². The maximum Gasteiger partial charge on any atom is 0.0991 e. The van der Waals surface area contributed by atoms with Crippen molar-refractivity contribution in [1.29, 1.82) is 0 Å². The molecule has 0 spiro atoms. The van der Waals surface area contributed by atoms with E-state index in [4.69, 9.17) is 19.3 Å². The molecule has 1 heterocycles. The van der Waals surface area contributed by atoms with Crippen LogP contribution >= 0.6 is 0 Å².